The van der Waals surface area contributed by atoms with Crippen LogP contribution >= 0.6 is 24.8 Å². The van der Waals surface area contributed by atoms with Gasteiger partial charge in [-0.25, -0.2) is 9.97 Å². The molecule has 28 heavy (non-hydrogen) atoms. The van der Waals surface area contributed by atoms with Crippen molar-refractivity contribution in [2.45, 2.75) is 58.5 Å². The lowest BCUT2D eigenvalue weighted by Gasteiger charge is -2.39. The molecule has 0 aliphatic carbocycles. The van der Waals surface area contributed by atoms with E-state index in [1.54, 1.807) is 7.11 Å². The summed E-state index contributed by atoms with van der Waals surface area (Å²) in [6.07, 6.45) is 1.83. The molecule has 1 aromatic rings. The van der Waals surface area contributed by atoms with Gasteiger partial charge < -0.3 is 20.3 Å². The predicted octanol–water partition coefficient (Wildman–Crippen LogP) is 2.54. The van der Waals surface area contributed by atoms with Gasteiger partial charge in [0.05, 0.1) is 6.61 Å². The summed E-state index contributed by atoms with van der Waals surface area (Å²) in [4.78, 5) is 26.0. The van der Waals surface area contributed by atoms with E-state index in [4.69, 9.17) is 15.5 Å². The number of hydrogen-bond donors (Lipinski definition) is 1. The van der Waals surface area contributed by atoms with Crippen molar-refractivity contribution in [3.05, 3.63) is 17.6 Å². The Morgan fingerprint density at radius 1 is 1.32 bits per heavy atom. The zero-order valence-corrected chi connectivity index (χ0v) is 19.2. The largest absolute Gasteiger partial charge is 0.383 e. The number of likely N-dealkylation sites (N-methyl/N-ethyl adjacent to an activating group) is 1. The molecule has 1 saturated heterocycles. The van der Waals surface area contributed by atoms with Gasteiger partial charge in [0.1, 0.15) is 17.7 Å². The van der Waals surface area contributed by atoms with Gasteiger partial charge in [-0.1, -0.05) is 13.8 Å². The number of aromatic nitrogens is 2. The lowest BCUT2D eigenvalue weighted by atomic mass is 10.0. The molecule has 1 aromatic heterocycles. The molecule has 1 unspecified atom stereocenters. The van der Waals surface area contributed by atoms with Gasteiger partial charge in [-0.2, -0.15) is 0 Å². The Morgan fingerprint density at radius 3 is 2.43 bits per heavy atom. The van der Waals surface area contributed by atoms with E-state index >= 15 is 0 Å². The van der Waals surface area contributed by atoms with Crippen molar-refractivity contribution in [1.82, 2.24) is 14.9 Å². The van der Waals surface area contributed by atoms with Crippen LogP contribution in [0, 0.1) is 6.92 Å². The van der Waals surface area contributed by atoms with Crippen LogP contribution in [-0.2, 0) is 9.53 Å². The summed E-state index contributed by atoms with van der Waals surface area (Å²) in [5.41, 5.74) is 6.94. The summed E-state index contributed by atoms with van der Waals surface area (Å²) in [5, 5.41) is 0. The topological polar surface area (TPSA) is 84.6 Å². The molecule has 7 nitrogen and oxygen atoms in total. The molecular weight excluding hydrogens is 401 g/mol. The quantitative estimate of drug-likeness (QED) is 0.707. The maximum absolute atomic E-state index is 12.6. The molecule has 0 radical (unpaired) electrons. The van der Waals surface area contributed by atoms with Crippen molar-refractivity contribution in [3.63, 3.8) is 0 Å². The summed E-state index contributed by atoms with van der Waals surface area (Å²) in [7, 11) is 1.57. The molecule has 9 heteroatoms. The van der Waals surface area contributed by atoms with Crippen LogP contribution in [0.1, 0.15) is 51.0 Å². The van der Waals surface area contributed by atoms with E-state index < -0.39 is 6.04 Å². The Hall–Kier alpha value is -1.15. The fraction of sp³-hybridized carbons (Fsp3) is 0.737. The number of hydrogen-bond acceptors (Lipinski definition) is 6. The van der Waals surface area contributed by atoms with E-state index in [0.717, 1.165) is 43.3 Å². The van der Waals surface area contributed by atoms with Crippen LogP contribution in [0.25, 0.3) is 0 Å². The normalized spacial score (nSPS) is 15.6. The van der Waals surface area contributed by atoms with Crippen LogP contribution in [0.3, 0.4) is 0 Å². The molecular formula is C19H35Cl2N5O2. The third-order valence-corrected chi connectivity index (χ3v) is 4.89. The number of carbonyl (C=O) groups is 1. The number of methoxy groups -OCH3 is 1. The van der Waals surface area contributed by atoms with E-state index in [9.17, 15) is 4.79 Å². The van der Waals surface area contributed by atoms with Gasteiger partial charge in [-0.05, 0) is 26.7 Å². The zero-order valence-electron chi connectivity index (χ0n) is 17.6. The van der Waals surface area contributed by atoms with Gasteiger partial charge in [0.25, 0.3) is 0 Å². The van der Waals surface area contributed by atoms with Crippen LogP contribution in [0.2, 0.25) is 0 Å². The highest BCUT2D eigenvalue weighted by atomic mass is 35.5. The van der Waals surface area contributed by atoms with Gasteiger partial charge >= 0.3 is 0 Å². The maximum Gasteiger partial charge on any atom is 0.242 e. The first-order chi connectivity index (χ1) is 12.4. The highest BCUT2D eigenvalue weighted by molar-refractivity contribution is 5.85. The average Bonchev–Trinajstić information content (AvgIpc) is 2.62. The number of ether oxygens (including phenoxy) is 1. The fourth-order valence-electron chi connectivity index (χ4n) is 3.46. The molecule has 1 atom stereocenters. The van der Waals surface area contributed by atoms with Crippen LogP contribution in [0.15, 0.2) is 6.07 Å². The van der Waals surface area contributed by atoms with Crippen LogP contribution in [0.4, 0.5) is 5.82 Å². The maximum atomic E-state index is 12.6. The summed E-state index contributed by atoms with van der Waals surface area (Å²) in [6.45, 7) is 10.9. The van der Waals surface area contributed by atoms with Crippen molar-refractivity contribution < 1.29 is 9.53 Å². The Labute approximate surface area is 181 Å². The molecule has 1 aliphatic heterocycles. The molecule has 0 spiro atoms. The SMILES string of the molecule is CCN(C(=O)C(N)COC)C1CCN(c2cc(C)nc(C(C)C)n2)CC1.Cl.Cl. The number of rotatable bonds is 7. The van der Waals surface area contributed by atoms with Gasteiger partial charge in [-0.15, -0.1) is 24.8 Å². The second kappa shape index (κ2) is 12.4. The van der Waals surface area contributed by atoms with E-state index in [1.165, 1.54) is 0 Å². The summed E-state index contributed by atoms with van der Waals surface area (Å²) >= 11 is 0. The van der Waals surface area contributed by atoms with Gasteiger partial charge in [-0.3, -0.25) is 4.79 Å². The van der Waals surface area contributed by atoms with Crippen LogP contribution < -0.4 is 10.6 Å². The third-order valence-electron chi connectivity index (χ3n) is 4.89. The second-order valence-corrected chi connectivity index (χ2v) is 7.28. The highest BCUT2D eigenvalue weighted by Crippen LogP contribution is 2.23. The Morgan fingerprint density at radius 2 is 1.93 bits per heavy atom. The van der Waals surface area contributed by atoms with Crippen molar-refractivity contribution in [1.29, 1.82) is 0 Å². The molecule has 2 heterocycles. The lowest BCUT2D eigenvalue weighted by molar-refractivity contribution is -0.136. The van der Waals surface area contributed by atoms with E-state index in [2.05, 4.69) is 23.7 Å². The van der Waals surface area contributed by atoms with Crippen LogP contribution in [-0.4, -0.2) is 66.2 Å². The first-order valence-electron chi connectivity index (χ1n) is 9.52. The molecule has 0 saturated carbocycles. The third kappa shape index (κ3) is 6.72. The first kappa shape index (κ1) is 26.9. The lowest BCUT2D eigenvalue weighted by Crippen LogP contribution is -2.53. The summed E-state index contributed by atoms with van der Waals surface area (Å²) in [5.74, 6) is 2.16. The van der Waals surface area contributed by atoms with Crippen molar-refractivity contribution >= 4 is 36.5 Å². The van der Waals surface area contributed by atoms with Crippen molar-refractivity contribution in [2.24, 2.45) is 5.73 Å². The number of nitrogens with zero attached hydrogens (tertiary/aromatic N) is 4. The molecule has 2 N–H and O–H groups in total. The first-order valence-corrected chi connectivity index (χ1v) is 9.52. The number of amides is 1. The second-order valence-electron chi connectivity index (χ2n) is 7.28. The fourth-order valence-corrected chi connectivity index (χ4v) is 3.46. The minimum atomic E-state index is -0.587. The van der Waals surface area contributed by atoms with Crippen LogP contribution in [0.5, 0.6) is 0 Å². The Balaban J connectivity index is 0.00000364. The Bertz CT molecular complexity index is 610. The average molecular weight is 436 g/mol. The number of piperidine rings is 1. The number of carbonyl (C=O) groups excluding carboxylic acids is 1. The molecule has 2 rings (SSSR count). The number of aryl methyl sites for hydroxylation is 1. The number of halogens is 2. The minimum Gasteiger partial charge on any atom is -0.383 e. The van der Waals surface area contributed by atoms with Gasteiger partial charge in [0, 0.05) is 50.5 Å². The molecule has 1 fully saturated rings. The summed E-state index contributed by atoms with van der Waals surface area (Å²) in [6, 6.07) is 1.68. The van der Waals surface area contributed by atoms with E-state index in [-0.39, 0.29) is 43.4 Å². The highest BCUT2D eigenvalue weighted by Gasteiger charge is 2.30. The standard InChI is InChI=1S/C19H33N5O2.2ClH/c1-6-24(19(25)16(20)12-26-5)15-7-9-23(10-8-15)17-11-14(4)21-18(22-17)13(2)3;;/h11,13,15-16H,6-10,12,20H2,1-5H3;2*1H. The molecule has 1 amide bonds. The smallest absolute Gasteiger partial charge is 0.242 e. The molecule has 1 aliphatic rings. The van der Waals surface area contributed by atoms with Crippen molar-refractivity contribution in [3.8, 4) is 0 Å². The van der Waals surface area contributed by atoms with E-state index in [0.29, 0.717) is 12.5 Å². The monoisotopic (exact) mass is 435 g/mol. The van der Waals surface area contributed by atoms with Gasteiger partial charge in [0.15, 0.2) is 0 Å². The molecule has 0 bridgehead atoms. The molecule has 0 aromatic carbocycles. The zero-order chi connectivity index (χ0) is 19.3. The van der Waals surface area contributed by atoms with Crippen molar-refractivity contribution in [2.75, 3.05) is 38.3 Å². The predicted molar refractivity (Wildman–Crippen MR) is 118 cm³/mol. The molecule has 162 valence electrons. The Kier molecular flexibility index (Phi) is 11.9. The van der Waals surface area contributed by atoms with E-state index in [1.807, 2.05) is 24.8 Å². The number of anilines is 1. The minimum absolute atomic E-state index is 0. The van der Waals surface area contributed by atoms with Gasteiger partial charge in [0.2, 0.25) is 5.91 Å². The number of nitrogens with two attached hydrogens (primary N) is 1. The summed E-state index contributed by atoms with van der Waals surface area (Å²) < 4.78 is 5.03.